The Labute approximate surface area is 121 Å². The molecule has 0 aliphatic carbocycles. The molecule has 1 heterocycles. The van der Waals surface area contributed by atoms with Gasteiger partial charge < -0.3 is 10.2 Å². The van der Waals surface area contributed by atoms with Crippen molar-refractivity contribution in [1.82, 2.24) is 0 Å². The molecule has 0 fully saturated rings. The fourth-order valence-corrected chi connectivity index (χ4v) is 2.67. The predicted molar refractivity (Wildman–Crippen MR) is 79.8 cm³/mol. The van der Waals surface area contributed by atoms with E-state index in [1.165, 1.54) is 0 Å². The topological polar surface area (TPSA) is 49.4 Å². The molecule has 0 unspecified atom stereocenters. The van der Waals surface area contributed by atoms with E-state index in [1.54, 1.807) is 6.07 Å². The van der Waals surface area contributed by atoms with E-state index in [1.807, 2.05) is 13.1 Å². The summed E-state index contributed by atoms with van der Waals surface area (Å²) in [4.78, 5) is 25.1. The highest BCUT2D eigenvalue weighted by Gasteiger charge is 2.29. The lowest BCUT2D eigenvalue weighted by atomic mass is 10.1. The van der Waals surface area contributed by atoms with Crippen molar-refractivity contribution < 1.29 is 9.59 Å². The maximum atomic E-state index is 11.6. The van der Waals surface area contributed by atoms with Gasteiger partial charge in [0.2, 0.25) is 0 Å². The van der Waals surface area contributed by atoms with Gasteiger partial charge in [-0.3, -0.25) is 9.59 Å². The summed E-state index contributed by atoms with van der Waals surface area (Å²) in [7, 11) is 2.01. The minimum atomic E-state index is -0.552. The summed E-state index contributed by atoms with van der Waals surface area (Å²) in [6, 6.07) is 3.57. The average Bonchev–Trinajstić information content (AvgIpc) is 2.61. The molecule has 1 aromatic rings. The number of nitrogens with zero attached hydrogens (tertiary/aromatic N) is 1. The first kappa shape index (κ1) is 14.1. The van der Waals surface area contributed by atoms with Gasteiger partial charge in [0.15, 0.2) is 0 Å². The van der Waals surface area contributed by atoms with Gasteiger partial charge in [-0.15, -0.1) is 0 Å². The smallest absolute Gasteiger partial charge is 0.296 e. The minimum Gasteiger partial charge on any atom is -0.374 e. The van der Waals surface area contributed by atoms with Crippen molar-refractivity contribution in [3.8, 4) is 0 Å². The summed E-state index contributed by atoms with van der Waals surface area (Å²) in [5, 5.41) is 2.60. The van der Waals surface area contributed by atoms with Crippen LogP contribution in [0.4, 0.5) is 11.4 Å². The highest BCUT2D eigenvalue weighted by atomic mass is 79.9. The monoisotopic (exact) mass is 324 g/mol. The van der Waals surface area contributed by atoms with Crippen LogP contribution in [0.2, 0.25) is 0 Å². The number of rotatable bonds is 4. The van der Waals surface area contributed by atoms with Gasteiger partial charge in [0.25, 0.3) is 11.7 Å². The first-order valence-electron chi connectivity index (χ1n) is 6.30. The molecule has 0 saturated carbocycles. The van der Waals surface area contributed by atoms with Crippen LogP contribution in [0.3, 0.4) is 0 Å². The minimum absolute atomic E-state index is 0.442. The Morgan fingerprint density at radius 3 is 2.63 bits per heavy atom. The number of anilines is 2. The number of amides is 1. The number of hydrogen-bond acceptors (Lipinski definition) is 3. The lowest BCUT2D eigenvalue weighted by Crippen LogP contribution is -2.20. The maximum Gasteiger partial charge on any atom is 0.296 e. The Morgan fingerprint density at radius 2 is 2.00 bits per heavy atom. The Balaban J connectivity index is 2.27. The number of benzene rings is 1. The van der Waals surface area contributed by atoms with Gasteiger partial charge in [-0.25, -0.2) is 0 Å². The van der Waals surface area contributed by atoms with Crippen LogP contribution in [-0.4, -0.2) is 25.3 Å². The molecule has 0 bridgehead atoms. The van der Waals surface area contributed by atoms with E-state index in [4.69, 9.17) is 0 Å². The van der Waals surface area contributed by atoms with Gasteiger partial charge in [0.1, 0.15) is 0 Å². The van der Waals surface area contributed by atoms with Gasteiger partial charge in [-0.05, 0) is 40.4 Å². The third-order valence-electron chi connectivity index (χ3n) is 3.24. The van der Waals surface area contributed by atoms with Crippen molar-refractivity contribution in [3.05, 3.63) is 22.2 Å². The first-order chi connectivity index (χ1) is 8.90. The molecule has 1 aliphatic heterocycles. The number of carbonyl (C=O) groups is 2. The quantitative estimate of drug-likeness (QED) is 0.866. The van der Waals surface area contributed by atoms with Gasteiger partial charge in [-0.2, -0.15) is 0 Å². The summed E-state index contributed by atoms with van der Waals surface area (Å²) < 4.78 is 0.836. The second kappa shape index (κ2) is 5.33. The van der Waals surface area contributed by atoms with E-state index in [0.717, 1.165) is 23.1 Å². The predicted octanol–water partition coefficient (Wildman–Crippen LogP) is 3.07. The number of fused-ring (bicyclic) bond motifs is 1. The average molecular weight is 325 g/mol. The zero-order valence-electron chi connectivity index (χ0n) is 11.3. The molecule has 0 spiro atoms. The number of ketones is 1. The number of carbonyl (C=O) groups excluding carboxylic acids is 2. The molecule has 1 aliphatic rings. The first-order valence-corrected chi connectivity index (χ1v) is 7.09. The van der Waals surface area contributed by atoms with Crippen molar-refractivity contribution in [2.75, 3.05) is 23.8 Å². The Bertz CT molecular complexity index is 540. The van der Waals surface area contributed by atoms with Crippen molar-refractivity contribution in [2.24, 2.45) is 5.92 Å². The summed E-state index contributed by atoms with van der Waals surface area (Å²) in [6.45, 7) is 5.30. The number of Topliss-reactive ketones (excluding diaryl/α,β-unsaturated/α-hetero) is 1. The van der Waals surface area contributed by atoms with E-state index in [2.05, 4.69) is 40.0 Å². The molecule has 0 atom stereocenters. The molecular weight excluding hydrogens is 308 g/mol. The summed E-state index contributed by atoms with van der Waals surface area (Å²) in [5.74, 6) is -0.382. The van der Waals surface area contributed by atoms with Crippen LogP contribution in [0.5, 0.6) is 0 Å². The molecule has 0 radical (unpaired) electrons. The van der Waals surface area contributed by atoms with Gasteiger partial charge in [0.05, 0.1) is 16.9 Å². The van der Waals surface area contributed by atoms with Crippen molar-refractivity contribution in [3.63, 3.8) is 0 Å². The van der Waals surface area contributed by atoms with Gasteiger partial charge in [-0.1, -0.05) is 13.8 Å². The van der Waals surface area contributed by atoms with Crippen LogP contribution in [-0.2, 0) is 4.79 Å². The standard InChI is InChI=1S/C14H17BrN2O2/c1-8(2)4-5-17(3)12-7-11-9(6-10(12)15)13(18)14(19)16-11/h6-8H,4-5H2,1-3H3,(H,16,18,19). The van der Waals surface area contributed by atoms with E-state index >= 15 is 0 Å². The normalized spacial score (nSPS) is 13.7. The summed E-state index contributed by atoms with van der Waals surface area (Å²) in [5.41, 5.74) is 2.02. The van der Waals surface area contributed by atoms with Crippen molar-refractivity contribution in [1.29, 1.82) is 0 Å². The fourth-order valence-electron chi connectivity index (χ4n) is 2.02. The van der Waals surface area contributed by atoms with Crippen LogP contribution in [0.15, 0.2) is 16.6 Å². The molecule has 0 aromatic heterocycles. The van der Waals surface area contributed by atoms with Crippen LogP contribution < -0.4 is 10.2 Å². The molecule has 2 rings (SSSR count). The van der Waals surface area contributed by atoms with Gasteiger partial charge in [0, 0.05) is 18.1 Å². The Kier molecular flexibility index (Phi) is 3.94. The van der Waals surface area contributed by atoms with E-state index in [9.17, 15) is 9.59 Å². The molecule has 4 nitrogen and oxygen atoms in total. The second-order valence-corrected chi connectivity index (χ2v) is 6.09. The molecule has 1 amide bonds. The molecule has 102 valence electrons. The van der Waals surface area contributed by atoms with Crippen LogP contribution in [0, 0.1) is 5.92 Å². The Morgan fingerprint density at radius 1 is 1.32 bits per heavy atom. The molecule has 19 heavy (non-hydrogen) atoms. The van der Waals surface area contributed by atoms with Crippen LogP contribution in [0.25, 0.3) is 0 Å². The largest absolute Gasteiger partial charge is 0.374 e. The van der Waals surface area contributed by atoms with Crippen LogP contribution in [0.1, 0.15) is 30.6 Å². The highest BCUT2D eigenvalue weighted by molar-refractivity contribution is 9.10. The van der Waals surface area contributed by atoms with E-state index in [-0.39, 0.29) is 0 Å². The van der Waals surface area contributed by atoms with E-state index < -0.39 is 11.7 Å². The lowest BCUT2D eigenvalue weighted by Gasteiger charge is -2.22. The Hall–Kier alpha value is -1.36. The van der Waals surface area contributed by atoms with E-state index in [0.29, 0.717) is 17.2 Å². The zero-order valence-corrected chi connectivity index (χ0v) is 12.9. The van der Waals surface area contributed by atoms with Crippen molar-refractivity contribution >= 4 is 39.0 Å². The molecular formula is C14H17BrN2O2. The lowest BCUT2D eigenvalue weighted by molar-refractivity contribution is -0.112. The van der Waals surface area contributed by atoms with Gasteiger partial charge >= 0.3 is 0 Å². The molecule has 1 N–H and O–H groups in total. The summed E-state index contributed by atoms with van der Waals surface area (Å²) >= 11 is 3.47. The molecule has 1 aromatic carbocycles. The third-order valence-corrected chi connectivity index (χ3v) is 3.87. The number of nitrogens with one attached hydrogen (secondary N) is 1. The molecule has 5 heteroatoms. The maximum absolute atomic E-state index is 11.6. The fraction of sp³-hybridized carbons (Fsp3) is 0.429. The number of hydrogen-bond donors (Lipinski definition) is 1. The van der Waals surface area contributed by atoms with Crippen molar-refractivity contribution in [2.45, 2.75) is 20.3 Å². The molecule has 0 saturated heterocycles. The number of halogens is 1. The highest BCUT2D eigenvalue weighted by Crippen LogP contribution is 2.35. The summed E-state index contributed by atoms with van der Waals surface area (Å²) in [6.07, 6.45) is 1.09. The zero-order chi connectivity index (χ0) is 14.2. The second-order valence-electron chi connectivity index (χ2n) is 5.24. The van der Waals surface area contributed by atoms with Crippen LogP contribution >= 0.6 is 15.9 Å². The SMILES string of the molecule is CC(C)CCN(C)c1cc2c(cc1Br)C(=O)C(=O)N2. The third kappa shape index (κ3) is 2.81.